The highest BCUT2D eigenvalue weighted by Crippen LogP contribution is 2.18. The predicted octanol–water partition coefficient (Wildman–Crippen LogP) is 3.84. The van der Waals surface area contributed by atoms with Gasteiger partial charge in [0, 0.05) is 41.0 Å². The molecule has 1 aliphatic rings. The number of thiophene rings is 1. The Bertz CT molecular complexity index is 743. The molecule has 7 heteroatoms. The standard InChI is InChI=1S/C20H23BrN2O3S/c21-16-7-5-15(6-8-16)20(25)22-10-9-19(24)23(13-17-3-1-11-26-17)14-18-4-2-12-27-18/h2,4-8,12,17H,1,3,9-11,13-14H2,(H,22,25). The summed E-state index contributed by atoms with van der Waals surface area (Å²) in [5, 5.41) is 4.84. The van der Waals surface area contributed by atoms with E-state index in [-0.39, 0.29) is 24.3 Å². The van der Waals surface area contributed by atoms with Crippen LogP contribution in [0.25, 0.3) is 0 Å². The first-order chi connectivity index (χ1) is 13.1. The van der Waals surface area contributed by atoms with E-state index < -0.39 is 0 Å². The number of carbonyl (C=O) groups is 2. The largest absolute Gasteiger partial charge is 0.376 e. The Morgan fingerprint density at radius 1 is 1.26 bits per heavy atom. The Morgan fingerprint density at radius 2 is 2.07 bits per heavy atom. The van der Waals surface area contributed by atoms with Crippen molar-refractivity contribution >= 4 is 39.1 Å². The molecule has 1 N–H and O–H groups in total. The first kappa shape index (κ1) is 20.0. The normalized spacial score (nSPS) is 16.3. The van der Waals surface area contributed by atoms with Gasteiger partial charge in [0.25, 0.3) is 5.91 Å². The summed E-state index contributed by atoms with van der Waals surface area (Å²) in [4.78, 5) is 27.9. The summed E-state index contributed by atoms with van der Waals surface area (Å²) in [6.07, 6.45) is 2.44. The molecule has 0 radical (unpaired) electrons. The highest BCUT2D eigenvalue weighted by molar-refractivity contribution is 9.10. The topological polar surface area (TPSA) is 58.6 Å². The van der Waals surface area contributed by atoms with Crippen molar-refractivity contribution in [2.75, 3.05) is 19.7 Å². The number of benzene rings is 1. The molecule has 1 aromatic heterocycles. The summed E-state index contributed by atoms with van der Waals surface area (Å²) in [6.45, 7) is 2.30. The van der Waals surface area contributed by atoms with E-state index in [2.05, 4.69) is 21.2 Å². The Kier molecular flexibility index (Phi) is 7.43. The van der Waals surface area contributed by atoms with Crippen molar-refractivity contribution in [2.24, 2.45) is 0 Å². The van der Waals surface area contributed by atoms with Crippen molar-refractivity contribution in [2.45, 2.75) is 31.9 Å². The SMILES string of the molecule is O=C(NCCC(=O)N(Cc1cccs1)CC1CCCO1)c1ccc(Br)cc1. The van der Waals surface area contributed by atoms with Gasteiger partial charge in [-0.2, -0.15) is 0 Å². The number of nitrogens with zero attached hydrogens (tertiary/aromatic N) is 1. The van der Waals surface area contributed by atoms with Crippen LogP contribution < -0.4 is 5.32 Å². The van der Waals surface area contributed by atoms with Gasteiger partial charge < -0.3 is 15.0 Å². The molecule has 0 spiro atoms. The molecule has 1 aromatic carbocycles. The van der Waals surface area contributed by atoms with Crippen LogP contribution in [-0.2, 0) is 16.1 Å². The minimum atomic E-state index is -0.167. The molecule has 1 atom stereocenters. The van der Waals surface area contributed by atoms with Gasteiger partial charge in [-0.3, -0.25) is 9.59 Å². The first-order valence-corrected chi connectivity index (χ1v) is 10.7. The van der Waals surface area contributed by atoms with Crippen molar-refractivity contribution in [3.05, 3.63) is 56.7 Å². The van der Waals surface area contributed by atoms with Gasteiger partial charge in [0.15, 0.2) is 0 Å². The third kappa shape index (κ3) is 6.16. The van der Waals surface area contributed by atoms with E-state index in [1.807, 2.05) is 34.5 Å². The number of carbonyl (C=O) groups excluding carboxylic acids is 2. The lowest BCUT2D eigenvalue weighted by atomic mass is 10.2. The van der Waals surface area contributed by atoms with Crippen LogP contribution in [-0.4, -0.2) is 42.5 Å². The highest BCUT2D eigenvalue weighted by atomic mass is 79.9. The second kappa shape index (κ2) is 10.0. The second-order valence-corrected chi connectivity index (χ2v) is 8.45. The minimum absolute atomic E-state index is 0.0370. The Hall–Kier alpha value is -1.70. The van der Waals surface area contributed by atoms with Gasteiger partial charge in [-0.15, -0.1) is 11.3 Å². The lowest BCUT2D eigenvalue weighted by Crippen LogP contribution is -2.38. The summed E-state index contributed by atoms with van der Waals surface area (Å²) >= 11 is 5.00. The maximum absolute atomic E-state index is 12.7. The van der Waals surface area contributed by atoms with Crippen LogP contribution in [0.5, 0.6) is 0 Å². The van der Waals surface area contributed by atoms with E-state index in [1.54, 1.807) is 23.5 Å². The summed E-state index contributed by atoms with van der Waals surface area (Å²) in [6, 6.07) is 11.2. The lowest BCUT2D eigenvalue weighted by Gasteiger charge is -2.25. The number of amides is 2. The average molecular weight is 451 g/mol. The van der Waals surface area contributed by atoms with Crippen LogP contribution in [0.1, 0.15) is 34.5 Å². The fraction of sp³-hybridized carbons (Fsp3) is 0.400. The van der Waals surface area contributed by atoms with Crippen molar-refractivity contribution in [3.8, 4) is 0 Å². The zero-order valence-electron chi connectivity index (χ0n) is 15.0. The molecular formula is C20H23BrN2O3S. The molecule has 0 aliphatic carbocycles. The van der Waals surface area contributed by atoms with Gasteiger partial charge in [-0.25, -0.2) is 0 Å². The van der Waals surface area contributed by atoms with E-state index in [0.717, 1.165) is 28.8 Å². The van der Waals surface area contributed by atoms with Crippen molar-refractivity contribution in [1.82, 2.24) is 10.2 Å². The van der Waals surface area contributed by atoms with Crippen molar-refractivity contribution in [1.29, 1.82) is 0 Å². The zero-order valence-corrected chi connectivity index (χ0v) is 17.4. The number of halogens is 1. The third-order valence-corrected chi connectivity index (χ3v) is 5.85. The predicted molar refractivity (Wildman–Crippen MR) is 110 cm³/mol. The number of hydrogen-bond acceptors (Lipinski definition) is 4. The van der Waals surface area contributed by atoms with Gasteiger partial charge in [0.05, 0.1) is 12.6 Å². The Morgan fingerprint density at radius 3 is 2.74 bits per heavy atom. The van der Waals surface area contributed by atoms with E-state index in [1.165, 1.54) is 0 Å². The molecule has 0 saturated carbocycles. The summed E-state index contributed by atoms with van der Waals surface area (Å²) in [5.41, 5.74) is 0.584. The van der Waals surface area contributed by atoms with E-state index in [4.69, 9.17) is 4.74 Å². The molecular weight excluding hydrogens is 428 g/mol. The summed E-state index contributed by atoms with van der Waals surface area (Å²) in [5.74, 6) is -0.130. The zero-order chi connectivity index (χ0) is 19.1. The third-order valence-electron chi connectivity index (χ3n) is 4.46. The van der Waals surface area contributed by atoms with E-state index in [9.17, 15) is 9.59 Å². The Labute approximate surface area is 171 Å². The van der Waals surface area contributed by atoms with Crippen LogP contribution in [0.3, 0.4) is 0 Å². The quantitative estimate of drug-likeness (QED) is 0.664. The number of rotatable bonds is 8. The molecule has 2 amide bonds. The molecule has 1 fully saturated rings. The average Bonchev–Trinajstić information content (AvgIpc) is 3.35. The van der Waals surface area contributed by atoms with E-state index >= 15 is 0 Å². The van der Waals surface area contributed by atoms with Crippen molar-refractivity contribution < 1.29 is 14.3 Å². The van der Waals surface area contributed by atoms with Crippen LogP contribution in [0.4, 0.5) is 0 Å². The minimum Gasteiger partial charge on any atom is -0.376 e. The molecule has 1 saturated heterocycles. The monoisotopic (exact) mass is 450 g/mol. The lowest BCUT2D eigenvalue weighted by molar-refractivity contribution is -0.133. The van der Waals surface area contributed by atoms with Gasteiger partial charge in [0.1, 0.15) is 0 Å². The molecule has 144 valence electrons. The molecule has 2 aromatic rings. The molecule has 27 heavy (non-hydrogen) atoms. The van der Waals surface area contributed by atoms with Crippen LogP contribution in [0.15, 0.2) is 46.3 Å². The summed E-state index contributed by atoms with van der Waals surface area (Å²) < 4.78 is 6.62. The van der Waals surface area contributed by atoms with Crippen LogP contribution in [0.2, 0.25) is 0 Å². The van der Waals surface area contributed by atoms with Gasteiger partial charge in [-0.05, 0) is 48.6 Å². The van der Waals surface area contributed by atoms with Crippen molar-refractivity contribution in [3.63, 3.8) is 0 Å². The van der Waals surface area contributed by atoms with Crippen LogP contribution in [0, 0.1) is 0 Å². The smallest absolute Gasteiger partial charge is 0.251 e. The van der Waals surface area contributed by atoms with Gasteiger partial charge >= 0.3 is 0 Å². The fourth-order valence-corrected chi connectivity index (χ4v) is 4.01. The molecule has 3 rings (SSSR count). The summed E-state index contributed by atoms with van der Waals surface area (Å²) in [7, 11) is 0. The van der Waals surface area contributed by atoms with Gasteiger partial charge in [-0.1, -0.05) is 22.0 Å². The van der Waals surface area contributed by atoms with Gasteiger partial charge in [0.2, 0.25) is 5.91 Å². The molecule has 5 nitrogen and oxygen atoms in total. The molecule has 1 unspecified atom stereocenters. The molecule has 0 bridgehead atoms. The maximum atomic E-state index is 12.7. The Balaban J connectivity index is 1.51. The second-order valence-electron chi connectivity index (χ2n) is 6.50. The highest BCUT2D eigenvalue weighted by Gasteiger charge is 2.23. The molecule has 2 heterocycles. The maximum Gasteiger partial charge on any atom is 0.251 e. The fourth-order valence-electron chi connectivity index (χ4n) is 3.02. The van der Waals surface area contributed by atoms with Crippen LogP contribution >= 0.6 is 27.3 Å². The van der Waals surface area contributed by atoms with E-state index in [0.29, 0.717) is 25.2 Å². The number of nitrogens with one attached hydrogen (secondary N) is 1. The first-order valence-electron chi connectivity index (χ1n) is 9.07. The molecule has 1 aliphatic heterocycles. The number of ether oxygens (including phenoxy) is 1. The number of hydrogen-bond donors (Lipinski definition) is 1.